The molecular weight excluding hydrogens is 198 g/mol. The molecule has 3 heteroatoms. The monoisotopic (exact) mass is 221 g/mol. The Kier molecular flexibility index (Phi) is 3.46. The van der Waals surface area contributed by atoms with Crippen molar-refractivity contribution in [1.82, 2.24) is 4.98 Å². The first-order chi connectivity index (χ1) is 7.23. The molecule has 0 spiro atoms. The van der Waals surface area contributed by atoms with Crippen LogP contribution in [-0.4, -0.2) is 18.1 Å². The van der Waals surface area contributed by atoms with E-state index in [1.165, 1.54) is 0 Å². The molecule has 0 aliphatic rings. The van der Waals surface area contributed by atoms with E-state index in [1.807, 2.05) is 19.2 Å². The second-order valence-corrected chi connectivity index (χ2v) is 5.55. The highest BCUT2D eigenvalue weighted by Gasteiger charge is 2.24. The summed E-state index contributed by atoms with van der Waals surface area (Å²) >= 11 is 0. The van der Waals surface area contributed by atoms with Gasteiger partial charge in [-0.25, -0.2) is 4.98 Å². The fraction of sp³-hybridized carbons (Fsp3) is 0.615. The van der Waals surface area contributed by atoms with Crippen LogP contribution in [0.2, 0.25) is 0 Å². The quantitative estimate of drug-likeness (QED) is 0.835. The number of nitrogen functional groups attached to an aromatic ring is 1. The summed E-state index contributed by atoms with van der Waals surface area (Å²) in [4.78, 5) is 6.60. The van der Waals surface area contributed by atoms with Gasteiger partial charge in [-0.05, 0) is 24.8 Å². The lowest BCUT2D eigenvalue weighted by molar-refractivity contribution is 0.328. The molecule has 2 N–H and O–H groups in total. The van der Waals surface area contributed by atoms with Gasteiger partial charge in [-0.15, -0.1) is 0 Å². The van der Waals surface area contributed by atoms with Gasteiger partial charge in [-0.3, -0.25) is 0 Å². The van der Waals surface area contributed by atoms with Crippen LogP contribution in [0.15, 0.2) is 12.3 Å². The molecule has 16 heavy (non-hydrogen) atoms. The molecule has 3 nitrogen and oxygen atoms in total. The van der Waals surface area contributed by atoms with Crippen molar-refractivity contribution in [3.63, 3.8) is 0 Å². The number of anilines is 2. The first-order valence-electron chi connectivity index (χ1n) is 5.68. The Hall–Kier alpha value is -1.25. The Labute approximate surface area is 98.7 Å². The van der Waals surface area contributed by atoms with Gasteiger partial charge >= 0.3 is 0 Å². The van der Waals surface area contributed by atoms with Crippen LogP contribution in [0, 0.1) is 12.3 Å². The van der Waals surface area contributed by atoms with Crippen LogP contribution in [0.3, 0.4) is 0 Å². The molecule has 90 valence electrons. The maximum Gasteiger partial charge on any atom is 0.130 e. The number of nitrogens with zero attached hydrogens (tertiary/aromatic N) is 2. The molecule has 1 aromatic rings. The SMILES string of the molecule is Cc1cnc(N(C)C(C)C(C)(C)C)cc1N. The van der Waals surface area contributed by atoms with E-state index >= 15 is 0 Å². The molecule has 0 fully saturated rings. The van der Waals surface area contributed by atoms with Crippen molar-refractivity contribution in [2.45, 2.75) is 40.7 Å². The van der Waals surface area contributed by atoms with E-state index in [2.05, 4.69) is 44.6 Å². The minimum atomic E-state index is 0.218. The van der Waals surface area contributed by atoms with Crippen molar-refractivity contribution in [2.75, 3.05) is 17.7 Å². The predicted octanol–water partition coefficient (Wildman–Crippen LogP) is 2.84. The molecule has 1 atom stereocenters. The normalized spacial score (nSPS) is 13.6. The van der Waals surface area contributed by atoms with E-state index < -0.39 is 0 Å². The average Bonchev–Trinajstić information content (AvgIpc) is 2.18. The topological polar surface area (TPSA) is 42.2 Å². The lowest BCUT2D eigenvalue weighted by Crippen LogP contribution is -2.39. The Morgan fingerprint density at radius 2 is 1.94 bits per heavy atom. The van der Waals surface area contributed by atoms with E-state index in [0.29, 0.717) is 6.04 Å². The zero-order chi connectivity index (χ0) is 12.5. The minimum Gasteiger partial charge on any atom is -0.398 e. The number of pyridine rings is 1. The predicted molar refractivity (Wildman–Crippen MR) is 70.7 cm³/mol. The van der Waals surface area contributed by atoms with E-state index in [4.69, 9.17) is 5.73 Å². The lowest BCUT2D eigenvalue weighted by atomic mass is 9.87. The molecule has 0 radical (unpaired) electrons. The summed E-state index contributed by atoms with van der Waals surface area (Å²) < 4.78 is 0. The average molecular weight is 221 g/mol. The molecule has 0 amide bonds. The summed E-state index contributed by atoms with van der Waals surface area (Å²) in [6.07, 6.45) is 1.83. The highest BCUT2D eigenvalue weighted by molar-refractivity contribution is 5.54. The first kappa shape index (κ1) is 12.8. The Morgan fingerprint density at radius 3 is 2.38 bits per heavy atom. The fourth-order valence-electron chi connectivity index (χ4n) is 1.50. The number of hydrogen-bond acceptors (Lipinski definition) is 3. The van der Waals surface area contributed by atoms with Gasteiger partial charge in [0, 0.05) is 31.0 Å². The summed E-state index contributed by atoms with van der Waals surface area (Å²) in [5, 5.41) is 0. The molecule has 0 aliphatic carbocycles. The summed E-state index contributed by atoms with van der Waals surface area (Å²) in [6.45, 7) is 10.9. The molecule has 1 heterocycles. The third kappa shape index (κ3) is 2.65. The third-order valence-corrected chi connectivity index (χ3v) is 3.33. The molecular formula is C13H23N3. The molecule has 1 aromatic heterocycles. The summed E-state index contributed by atoms with van der Waals surface area (Å²) in [5.41, 5.74) is 7.95. The third-order valence-electron chi connectivity index (χ3n) is 3.33. The van der Waals surface area contributed by atoms with Crippen molar-refractivity contribution in [2.24, 2.45) is 5.41 Å². The lowest BCUT2D eigenvalue weighted by Gasteiger charge is -2.36. The smallest absolute Gasteiger partial charge is 0.130 e. The Balaban J connectivity index is 2.97. The maximum atomic E-state index is 5.90. The standard InChI is InChI=1S/C13H23N3/c1-9-8-15-12(7-11(9)14)16(6)10(2)13(3,4)5/h7-8,10H,1-6H3,(H2,14,15). The molecule has 0 aliphatic heterocycles. The van der Waals surface area contributed by atoms with Crippen LogP contribution in [0.5, 0.6) is 0 Å². The number of hydrogen-bond donors (Lipinski definition) is 1. The highest BCUT2D eigenvalue weighted by Crippen LogP contribution is 2.27. The van der Waals surface area contributed by atoms with Gasteiger partial charge in [0.1, 0.15) is 5.82 Å². The summed E-state index contributed by atoms with van der Waals surface area (Å²) in [6, 6.07) is 2.35. The zero-order valence-corrected chi connectivity index (χ0v) is 11.2. The zero-order valence-electron chi connectivity index (χ0n) is 11.2. The van der Waals surface area contributed by atoms with Crippen molar-refractivity contribution in [1.29, 1.82) is 0 Å². The van der Waals surface area contributed by atoms with E-state index in [9.17, 15) is 0 Å². The second kappa shape index (κ2) is 4.32. The second-order valence-electron chi connectivity index (χ2n) is 5.55. The largest absolute Gasteiger partial charge is 0.398 e. The van der Waals surface area contributed by atoms with Crippen LogP contribution in [0.25, 0.3) is 0 Å². The van der Waals surface area contributed by atoms with Gasteiger partial charge in [0.25, 0.3) is 0 Å². The van der Waals surface area contributed by atoms with Gasteiger partial charge in [0.2, 0.25) is 0 Å². The van der Waals surface area contributed by atoms with Crippen LogP contribution in [0.1, 0.15) is 33.3 Å². The molecule has 0 aromatic carbocycles. The number of aromatic nitrogens is 1. The molecule has 1 unspecified atom stereocenters. The van der Waals surface area contributed by atoms with Gasteiger partial charge in [0.05, 0.1) is 0 Å². The number of rotatable bonds is 2. The minimum absolute atomic E-state index is 0.218. The van der Waals surface area contributed by atoms with Crippen molar-refractivity contribution < 1.29 is 0 Å². The Bertz CT molecular complexity index is 366. The molecule has 0 bridgehead atoms. The molecule has 0 saturated carbocycles. The first-order valence-corrected chi connectivity index (χ1v) is 5.68. The summed E-state index contributed by atoms with van der Waals surface area (Å²) in [7, 11) is 2.06. The fourth-order valence-corrected chi connectivity index (χ4v) is 1.50. The van der Waals surface area contributed by atoms with Crippen LogP contribution < -0.4 is 10.6 Å². The number of aryl methyl sites for hydroxylation is 1. The van der Waals surface area contributed by atoms with E-state index in [1.54, 1.807) is 0 Å². The maximum absolute atomic E-state index is 5.90. The molecule has 1 rings (SSSR count). The van der Waals surface area contributed by atoms with E-state index in [0.717, 1.165) is 17.1 Å². The van der Waals surface area contributed by atoms with Crippen molar-refractivity contribution in [3.8, 4) is 0 Å². The van der Waals surface area contributed by atoms with Gasteiger partial charge in [0.15, 0.2) is 0 Å². The van der Waals surface area contributed by atoms with Crippen molar-refractivity contribution >= 4 is 11.5 Å². The van der Waals surface area contributed by atoms with Gasteiger partial charge in [-0.2, -0.15) is 0 Å². The molecule has 0 saturated heterocycles. The Morgan fingerprint density at radius 1 is 1.38 bits per heavy atom. The van der Waals surface area contributed by atoms with Crippen molar-refractivity contribution in [3.05, 3.63) is 17.8 Å². The van der Waals surface area contributed by atoms with Crippen LogP contribution in [0.4, 0.5) is 11.5 Å². The summed E-state index contributed by atoms with van der Waals surface area (Å²) in [5.74, 6) is 0.936. The van der Waals surface area contributed by atoms with E-state index in [-0.39, 0.29) is 5.41 Å². The highest BCUT2D eigenvalue weighted by atomic mass is 15.2. The van der Waals surface area contributed by atoms with Gasteiger partial charge in [-0.1, -0.05) is 20.8 Å². The van der Waals surface area contributed by atoms with Crippen LogP contribution in [-0.2, 0) is 0 Å². The van der Waals surface area contributed by atoms with Crippen LogP contribution >= 0.6 is 0 Å². The van der Waals surface area contributed by atoms with Gasteiger partial charge < -0.3 is 10.6 Å². The number of nitrogens with two attached hydrogens (primary N) is 1.